The first-order valence-electron chi connectivity index (χ1n) is 8.07. The Labute approximate surface area is 118 Å². The van der Waals surface area contributed by atoms with Crippen molar-refractivity contribution in [3.05, 3.63) is 12.3 Å². The van der Waals surface area contributed by atoms with E-state index in [9.17, 15) is 0 Å². The molecule has 1 N–H and O–H groups in total. The molecule has 1 heterocycles. The molecule has 3 nitrogen and oxygen atoms in total. The van der Waals surface area contributed by atoms with Crippen LogP contribution in [0.25, 0.3) is 0 Å². The fraction of sp³-hybridized carbons (Fsp3) is 0.875. The summed E-state index contributed by atoms with van der Waals surface area (Å²) in [6, 6.07) is 0.848. The number of hydrogen-bond acceptors (Lipinski definition) is 3. The highest BCUT2D eigenvalue weighted by molar-refractivity contribution is 4.83. The van der Waals surface area contributed by atoms with Gasteiger partial charge in [-0.3, -0.25) is 0 Å². The van der Waals surface area contributed by atoms with E-state index in [1.807, 2.05) is 6.26 Å². The number of ether oxygens (including phenoxy) is 1. The molecule has 1 fully saturated rings. The van der Waals surface area contributed by atoms with Gasteiger partial charge in [0.25, 0.3) is 0 Å². The molecule has 1 unspecified atom stereocenters. The molecule has 0 spiro atoms. The predicted molar refractivity (Wildman–Crippen MR) is 80.2 cm³/mol. The molecule has 0 aromatic heterocycles. The number of hydrogen-bond donors (Lipinski definition) is 1. The first kappa shape index (κ1) is 14.9. The maximum Gasteiger partial charge on any atom is 0.110 e. The van der Waals surface area contributed by atoms with E-state index in [1.165, 1.54) is 45.1 Å². The van der Waals surface area contributed by atoms with Gasteiger partial charge < -0.3 is 15.0 Å². The molecule has 0 saturated heterocycles. The van der Waals surface area contributed by atoms with Gasteiger partial charge in [0.05, 0.1) is 6.26 Å². The molecule has 1 saturated carbocycles. The Balaban J connectivity index is 1.47. The van der Waals surface area contributed by atoms with Crippen molar-refractivity contribution in [1.82, 2.24) is 10.2 Å². The highest BCUT2D eigenvalue weighted by Gasteiger charge is 2.17. The summed E-state index contributed by atoms with van der Waals surface area (Å²) in [7, 11) is 2.30. The molecular weight excluding hydrogens is 236 g/mol. The Morgan fingerprint density at radius 2 is 2.05 bits per heavy atom. The largest absolute Gasteiger partial charge is 0.497 e. The van der Waals surface area contributed by atoms with Crippen LogP contribution in [0.3, 0.4) is 0 Å². The number of nitrogens with one attached hydrogen (secondary N) is 1. The lowest BCUT2D eigenvalue weighted by Crippen LogP contribution is -2.36. The molecule has 3 heteroatoms. The van der Waals surface area contributed by atoms with Gasteiger partial charge >= 0.3 is 0 Å². The summed E-state index contributed by atoms with van der Waals surface area (Å²) in [6.45, 7) is 3.33. The van der Waals surface area contributed by atoms with Crippen LogP contribution in [-0.2, 0) is 4.74 Å². The van der Waals surface area contributed by atoms with Gasteiger partial charge in [0.2, 0.25) is 0 Å². The second-order valence-electron chi connectivity index (χ2n) is 6.04. The average molecular weight is 266 g/mol. The van der Waals surface area contributed by atoms with Crippen LogP contribution in [0.1, 0.15) is 51.4 Å². The second kappa shape index (κ2) is 8.60. The zero-order chi connectivity index (χ0) is 13.3. The van der Waals surface area contributed by atoms with Crippen molar-refractivity contribution in [1.29, 1.82) is 0 Å². The van der Waals surface area contributed by atoms with Crippen LogP contribution in [0, 0.1) is 0 Å². The minimum atomic E-state index is 0.390. The van der Waals surface area contributed by atoms with E-state index in [-0.39, 0.29) is 0 Å². The van der Waals surface area contributed by atoms with E-state index in [0.29, 0.717) is 6.10 Å². The van der Waals surface area contributed by atoms with Crippen LogP contribution < -0.4 is 5.32 Å². The topological polar surface area (TPSA) is 24.5 Å². The summed E-state index contributed by atoms with van der Waals surface area (Å²) in [5, 5.41) is 3.53. The Bertz CT molecular complexity index is 261. The minimum absolute atomic E-state index is 0.390. The van der Waals surface area contributed by atoms with Crippen LogP contribution in [0.2, 0.25) is 0 Å². The summed E-state index contributed by atoms with van der Waals surface area (Å²) >= 11 is 0. The van der Waals surface area contributed by atoms with E-state index in [0.717, 1.165) is 32.0 Å². The summed E-state index contributed by atoms with van der Waals surface area (Å²) in [5.41, 5.74) is 0. The maximum absolute atomic E-state index is 5.55. The number of rotatable bonds is 7. The van der Waals surface area contributed by atoms with Gasteiger partial charge in [-0.15, -0.1) is 0 Å². The maximum atomic E-state index is 5.55. The Hall–Kier alpha value is -0.540. The van der Waals surface area contributed by atoms with Crippen LogP contribution >= 0.6 is 0 Å². The highest BCUT2D eigenvalue weighted by atomic mass is 16.5. The van der Waals surface area contributed by atoms with Crippen molar-refractivity contribution in [2.75, 3.05) is 26.7 Å². The van der Waals surface area contributed by atoms with E-state index in [2.05, 4.69) is 23.3 Å². The fourth-order valence-corrected chi connectivity index (χ4v) is 3.16. The predicted octanol–water partition coefficient (Wildman–Crippen LogP) is 2.92. The van der Waals surface area contributed by atoms with Gasteiger partial charge in [-0.25, -0.2) is 0 Å². The number of nitrogens with zero attached hydrogens (tertiary/aromatic N) is 1. The van der Waals surface area contributed by atoms with Gasteiger partial charge in [0, 0.05) is 12.6 Å². The van der Waals surface area contributed by atoms with Crippen molar-refractivity contribution >= 4 is 0 Å². The van der Waals surface area contributed by atoms with E-state index in [1.54, 1.807) is 0 Å². The Morgan fingerprint density at radius 3 is 2.79 bits per heavy atom. The van der Waals surface area contributed by atoms with Gasteiger partial charge in [0.1, 0.15) is 6.10 Å². The lowest BCUT2D eigenvalue weighted by molar-refractivity contribution is 0.121. The zero-order valence-corrected chi connectivity index (χ0v) is 12.4. The van der Waals surface area contributed by atoms with Gasteiger partial charge in [-0.2, -0.15) is 0 Å². The summed E-state index contributed by atoms with van der Waals surface area (Å²) in [4.78, 5) is 2.57. The van der Waals surface area contributed by atoms with Gasteiger partial charge in [0.15, 0.2) is 0 Å². The van der Waals surface area contributed by atoms with Crippen LogP contribution in [0.15, 0.2) is 12.3 Å². The summed E-state index contributed by atoms with van der Waals surface area (Å²) < 4.78 is 5.55. The van der Waals surface area contributed by atoms with Crippen molar-refractivity contribution in [2.24, 2.45) is 0 Å². The molecule has 2 rings (SSSR count). The molecule has 1 aliphatic heterocycles. The second-order valence-corrected chi connectivity index (χ2v) is 6.04. The molecular formula is C16H30N2O. The lowest BCUT2D eigenvalue weighted by Gasteiger charge is -2.31. The van der Waals surface area contributed by atoms with Gasteiger partial charge in [-0.1, -0.05) is 19.3 Å². The molecule has 2 aliphatic rings. The van der Waals surface area contributed by atoms with Crippen molar-refractivity contribution in [2.45, 2.75) is 63.5 Å². The molecule has 0 amide bonds. The summed E-state index contributed by atoms with van der Waals surface area (Å²) in [5.74, 6) is 0. The van der Waals surface area contributed by atoms with E-state index >= 15 is 0 Å². The summed E-state index contributed by atoms with van der Waals surface area (Å²) in [6.07, 6.45) is 15.0. The molecule has 0 aromatic rings. The number of allylic oxidation sites excluding steroid dienone is 1. The standard InChI is InChI=1S/C16H30N2O/c1-18(15-8-3-2-4-9-15)12-7-11-17-14-16-10-5-6-13-19-16/h6,13,15-17H,2-5,7-12,14H2,1H3. The van der Waals surface area contributed by atoms with E-state index in [4.69, 9.17) is 4.74 Å². The molecule has 19 heavy (non-hydrogen) atoms. The van der Waals surface area contributed by atoms with Gasteiger partial charge in [-0.05, 0) is 58.3 Å². The Kier molecular flexibility index (Phi) is 6.72. The van der Waals surface area contributed by atoms with Crippen molar-refractivity contribution < 1.29 is 4.74 Å². The van der Waals surface area contributed by atoms with Crippen molar-refractivity contribution in [3.8, 4) is 0 Å². The van der Waals surface area contributed by atoms with E-state index < -0.39 is 0 Å². The minimum Gasteiger partial charge on any atom is -0.497 e. The molecule has 1 atom stereocenters. The highest BCUT2D eigenvalue weighted by Crippen LogP contribution is 2.21. The molecule has 0 bridgehead atoms. The zero-order valence-electron chi connectivity index (χ0n) is 12.4. The smallest absolute Gasteiger partial charge is 0.110 e. The average Bonchev–Trinajstić information content (AvgIpc) is 2.49. The normalized spacial score (nSPS) is 24.6. The molecule has 110 valence electrons. The third kappa shape index (κ3) is 5.53. The quantitative estimate of drug-likeness (QED) is 0.717. The molecule has 0 aromatic carbocycles. The monoisotopic (exact) mass is 266 g/mol. The third-order valence-corrected chi connectivity index (χ3v) is 4.46. The first-order valence-corrected chi connectivity index (χ1v) is 8.07. The lowest BCUT2D eigenvalue weighted by atomic mass is 9.94. The molecule has 0 radical (unpaired) electrons. The third-order valence-electron chi connectivity index (χ3n) is 4.46. The van der Waals surface area contributed by atoms with Crippen LogP contribution in [-0.4, -0.2) is 43.7 Å². The first-order chi connectivity index (χ1) is 9.36. The van der Waals surface area contributed by atoms with Crippen LogP contribution in [0.4, 0.5) is 0 Å². The SMILES string of the molecule is CN(CCCNCC1CCC=CO1)C1CCCCC1. The molecule has 1 aliphatic carbocycles. The fourth-order valence-electron chi connectivity index (χ4n) is 3.16. The van der Waals surface area contributed by atoms with Crippen molar-refractivity contribution in [3.63, 3.8) is 0 Å². The van der Waals surface area contributed by atoms with Crippen LogP contribution in [0.5, 0.6) is 0 Å². The Morgan fingerprint density at radius 1 is 1.21 bits per heavy atom.